The van der Waals surface area contributed by atoms with E-state index < -0.39 is 5.97 Å². The lowest BCUT2D eigenvalue weighted by Gasteiger charge is -2.18. The molecule has 0 aliphatic heterocycles. The first kappa shape index (κ1) is 24.0. The fourth-order valence-corrected chi connectivity index (χ4v) is 4.29. The minimum Gasteiger partial charge on any atom is -0.493 e. The highest BCUT2D eigenvalue weighted by atomic mass is 32.1. The minimum atomic E-state index is -0.587. The molecule has 0 radical (unpaired) electrons. The van der Waals surface area contributed by atoms with Gasteiger partial charge in [-0.3, -0.25) is 4.79 Å². The standard InChI is InChI=1S/C27H24N2O5S/c1-29(20-9-5-4-6-10-20)26(30)21-11-7-8-12-22(21)27(31)34-16-19-17-35-25(28-19)18-13-14-23(32-2)24(15-18)33-3/h4-15,17H,16H2,1-3H3. The second-order valence-electron chi connectivity index (χ2n) is 7.54. The van der Waals surface area contributed by atoms with Gasteiger partial charge in [0.25, 0.3) is 5.91 Å². The number of anilines is 1. The zero-order chi connectivity index (χ0) is 24.8. The Morgan fingerprint density at radius 3 is 2.29 bits per heavy atom. The lowest BCUT2D eigenvalue weighted by Crippen LogP contribution is -2.28. The number of nitrogens with zero attached hydrogens (tertiary/aromatic N) is 2. The van der Waals surface area contributed by atoms with Crippen LogP contribution in [0.5, 0.6) is 11.5 Å². The van der Waals surface area contributed by atoms with Crippen molar-refractivity contribution in [2.24, 2.45) is 0 Å². The Hall–Kier alpha value is -4.17. The number of hydrogen-bond acceptors (Lipinski definition) is 7. The summed E-state index contributed by atoms with van der Waals surface area (Å²) in [7, 11) is 4.83. The average Bonchev–Trinajstić information content (AvgIpc) is 3.40. The van der Waals surface area contributed by atoms with Gasteiger partial charge in [0.1, 0.15) is 11.6 Å². The Balaban J connectivity index is 1.47. The number of esters is 1. The van der Waals surface area contributed by atoms with Gasteiger partial charge in [0.05, 0.1) is 31.0 Å². The quantitative estimate of drug-likeness (QED) is 0.307. The molecule has 0 fully saturated rings. The number of hydrogen-bond donors (Lipinski definition) is 0. The normalized spacial score (nSPS) is 10.5. The van der Waals surface area contributed by atoms with E-state index in [2.05, 4.69) is 4.98 Å². The van der Waals surface area contributed by atoms with Crippen molar-refractivity contribution < 1.29 is 23.8 Å². The van der Waals surface area contributed by atoms with E-state index in [0.717, 1.165) is 16.3 Å². The summed E-state index contributed by atoms with van der Waals surface area (Å²) in [6.45, 7) is -0.0142. The number of ether oxygens (including phenoxy) is 3. The molecule has 0 aliphatic rings. The molecule has 0 spiro atoms. The van der Waals surface area contributed by atoms with Crippen LogP contribution in [0.2, 0.25) is 0 Å². The summed E-state index contributed by atoms with van der Waals surface area (Å²) in [6, 6.07) is 21.4. The molecule has 35 heavy (non-hydrogen) atoms. The smallest absolute Gasteiger partial charge is 0.339 e. The fourth-order valence-electron chi connectivity index (χ4n) is 3.49. The minimum absolute atomic E-state index is 0.0142. The molecule has 178 valence electrons. The molecule has 0 unspecified atom stereocenters. The van der Waals surface area contributed by atoms with E-state index in [-0.39, 0.29) is 23.6 Å². The summed E-state index contributed by atoms with van der Waals surface area (Å²) in [6.07, 6.45) is 0. The second-order valence-corrected chi connectivity index (χ2v) is 8.39. The zero-order valence-electron chi connectivity index (χ0n) is 19.6. The summed E-state index contributed by atoms with van der Waals surface area (Å²) in [5, 5.41) is 2.59. The molecule has 4 aromatic rings. The summed E-state index contributed by atoms with van der Waals surface area (Å²) in [4.78, 5) is 32.1. The van der Waals surface area contributed by atoms with Crippen LogP contribution in [0.1, 0.15) is 26.4 Å². The largest absolute Gasteiger partial charge is 0.493 e. The van der Waals surface area contributed by atoms with Crippen molar-refractivity contribution >= 4 is 28.9 Å². The van der Waals surface area contributed by atoms with E-state index >= 15 is 0 Å². The van der Waals surface area contributed by atoms with Crippen molar-refractivity contribution in [3.8, 4) is 22.1 Å². The number of aromatic nitrogens is 1. The lowest BCUT2D eigenvalue weighted by molar-refractivity contribution is 0.0465. The van der Waals surface area contributed by atoms with E-state index in [9.17, 15) is 9.59 Å². The Kier molecular flexibility index (Phi) is 7.42. The third-order valence-corrected chi connectivity index (χ3v) is 6.30. The highest BCUT2D eigenvalue weighted by Gasteiger charge is 2.22. The maximum absolute atomic E-state index is 13.1. The van der Waals surface area contributed by atoms with Crippen LogP contribution in [0.3, 0.4) is 0 Å². The van der Waals surface area contributed by atoms with Crippen LogP contribution in [0.25, 0.3) is 10.6 Å². The van der Waals surface area contributed by atoms with E-state index in [0.29, 0.717) is 17.2 Å². The van der Waals surface area contributed by atoms with E-state index in [1.165, 1.54) is 16.2 Å². The van der Waals surface area contributed by atoms with E-state index in [1.807, 2.05) is 53.9 Å². The summed E-state index contributed by atoms with van der Waals surface area (Å²) in [5.74, 6) is 0.354. The molecule has 0 atom stereocenters. The Labute approximate surface area is 207 Å². The number of rotatable bonds is 8. The monoisotopic (exact) mass is 488 g/mol. The molecule has 4 rings (SSSR count). The van der Waals surface area contributed by atoms with Gasteiger partial charge in [0.15, 0.2) is 11.5 Å². The second kappa shape index (κ2) is 10.8. The summed E-state index contributed by atoms with van der Waals surface area (Å²) < 4.78 is 16.1. The number of carbonyl (C=O) groups is 2. The molecule has 7 nitrogen and oxygen atoms in total. The maximum Gasteiger partial charge on any atom is 0.339 e. The highest BCUT2D eigenvalue weighted by Crippen LogP contribution is 2.33. The molecule has 8 heteroatoms. The van der Waals surface area contributed by atoms with Gasteiger partial charge in [-0.05, 0) is 42.5 Å². The molecule has 0 saturated carbocycles. The van der Waals surface area contributed by atoms with Crippen LogP contribution in [0.15, 0.2) is 78.2 Å². The molecule has 1 amide bonds. The van der Waals surface area contributed by atoms with Crippen molar-refractivity contribution in [2.75, 3.05) is 26.2 Å². The van der Waals surface area contributed by atoms with Crippen molar-refractivity contribution in [3.63, 3.8) is 0 Å². The number of methoxy groups -OCH3 is 2. The zero-order valence-corrected chi connectivity index (χ0v) is 20.4. The van der Waals surface area contributed by atoms with Crippen molar-refractivity contribution in [1.29, 1.82) is 0 Å². The summed E-state index contributed by atoms with van der Waals surface area (Å²) >= 11 is 1.43. The topological polar surface area (TPSA) is 78.0 Å². The number of amides is 1. The number of benzene rings is 3. The molecule has 0 saturated heterocycles. The molecule has 3 aromatic carbocycles. The van der Waals surface area contributed by atoms with Gasteiger partial charge in [-0.25, -0.2) is 9.78 Å². The first-order chi connectivity index (χ1) is 17.0. The fraction of sp³-hybridized carbons (Fsp3) is 0.148. The first-order valence-electron chi connectivity index (χ1n) is 10.8. The van der Waals surface area contributed by atoms with Gasteiger partial charge in [-0.2, -0.15) is 0 Å². The summed E-state index contributed by atoms with van der Waals surface area (Å²) in [5.41, 5.74) is 2.68. The van der Waals surface area contributed by atoms with Gasteiger partial charge in [0.2, 0.25) is 0 Å². The molecular formula is C27H24N2O5S. The van der Waals surface area contributed by atoms with Gasteiger partial charge < -0.3 is 19.1 Å². The lowest BCUT2D eigenvalue weighted by atomic mass is 10.1. The van der Waals surface area contributed by atoms with Crippen LogP contribution < -0.4 is 14.4 Å². The Morgan fingerprint density at radius 2 is 1.57 bits per heavy atom. The number of para-hydroxylation sites is 1. The molecule has 0 N–H and O–H groups in total. The van der Waals surface area contributed by atoms with Crippen molar-refractivity contribution in [1.82, 2.24) is 4.98 Å². The Morgan fingerprint density at radius 1 is 0.886 bits per heavy atom. The predicted octanol–water partition coefficient (Wildman–Crippen LogP) is 5.46. The van der Waals surface area contributed by atoms with Crippen molar-refractivity contribution in [2.45, 2.75) is 6.61 Å². The average molecular weight is 489 g/mol. The number of carbonyl (C=O) groups excluding carboxylic acids is 2. The molecule has 0 aliphatic carbocycles. The third-order valence-electron chi connectivity index (χ3n) is 5.36. The molecule has 1 aromatic heterocycles. The van der Waals surface area contributed by atoms with Crippen LogP contribution in [-0.2, 0) is 11.3 Å². The van der Waals surface area contributed by atoms with Crippen LogP contribution in [0, 0.1) is 0 Å². The molecule has 1 heterocycles. The Bertz CT molecular complexity index is 1340. The molecular weight excluding hydrogens is 464 g/mol. The third kappa shape index (κ3) is 5.33. The van der Waals surface area contributed by atoms with Crippen molar-refractivity contribution in [3.05, 3.63) is 95.0 Å². The number of thiazole rings is 1. The molecule has 0 bridgehead atoms. The van der Waals surface area contributed by atoms with Gasteiger partial charge in [-0.15, -0.1) is 11.3 Å². The van der Waals surface area contributed by atoms with Crippen LogP contribution >= 0.6 is 11.3 Å². The SMILES string of the molecule is COc1ccc(-c2nc(COC(=O)c3ccccc3C(=O)N(C)c3ccccc3)cs2)cc1OC. The first-order valence-corrected chi connectivity index (χ1v) is 11.7. The van der Waals surface area contributed by atoms with Gasteiger partial charge >= 0.3 is 5.97 Å². The van der Waals surface area contributed by atoms with E-state index in [4.69, 9.17) is 14.2 Å². The van der Waals surface area contributed by atoms with Gasteiger partial charge in [0, 0.05) is 23.7 Å². The maximum atomic E-state index is 13.1. The highest BCUT2D eigenvalue weighted by molar-refractivity contribution is 7.13. The van der Waals surface area contributed by atoms with E-state index in [1.54, 1.807) is 45.5 Å². The van der Waals surface area contributed by atoms with Crippen LogP contribution in [0.4, 0.5) is 5.69 Å². The van der Waals surface area contributed by atoms with Crippen LogP contribution in [-0.4, -0.2) is 38.1 Å². The van der Waals surface area contributed by atoms with Gasteiger partial charge in [-0.1, -0.05) is 30.3 Å². The predicted molar refractivity (Wildman–Crippen MR) is 135 cm³/mol.